The van der Waals surface area contributed by atoms with Gasteiger partial charge in [0.2, 0.25) is 0 Å². The molecule has 1 unspecified atom stereocenters. The van der Waals surface area contributed by atoms with Crippen LogP contribution in [0.15, 0.2) is 17.6 Å². The fraction of sp³-hybridized carbons (Fsp3) is 0.545. The molecule has 0 bridgehead atoms. The predicted octanol–water partition coefficient (Wildman–Crippen LogP) is 1.77. The molecule has 1 rings (SSSR count). The standard InChI is InChI=1S/C11H16N4S/c1-3-13-10(6-12)4-5-16-11-14-7-9(2)8-15-11/h7-8,10,13H,3-5H2,1-2H3. The largest absolute Gasteiger partial charge is 0.302 e. The van der Waals surface area contributed by atoms with E-state index in [0.717, 1.165) is 29.4 Å². The quantitative estimate of drug-likeness (QED) is 0.602. The van der Waals surface area contributed by atoms with E-state index in [1.165, 1.54) is 0 Å². The summed E-state index contributed by atoms with van der Waals surface area (Å²) in [6.07, 6.45) is 4.43. The van der Waals surface area contributed by atoms with Gasteiger partial charge in [-0.1, -0.05) is 18.7 Å². The molecule has 0 aliphatic carbocycles. The molecule has 4 nitrogen and oxygen atoms in total. The maximum atomic E-state index is 8.84. The molecular formula is C11H16N4S. The molecule has 0 radical (unpaired) electrons. The Morgan fingerprint density at radius 1 is 1.50 bits per heavy atom. The molecule has 0 saturated carbocycles. The zero-order valence-electron chi connectivity index (χ0n) is 9.60. The van der Waals surface area contributed by atoms with E-state index in [-0.39, 0.29) is 6.04 Å². The zero-order chi connectivity index (χ0) is 11.8. The summed E-state index contributed by atoms with van der Waals surface area (Å²) < 4.78 is 0. The lowest BCUT2D eigenvalue weighted by Gasteiger charge is -2.08. The molecule has 1 aromatic heterocycles. The molecular weight excluding hydrogens is 220 g/mol. The minimum absolute atomic E-state index is 0.0667. The van der Waals surface area contributed by atoms with Crippen LogP contribution >= 0.6 is 11.8 Å². The summed E-state index contributed by atoms with van der Waals surface area (Å²) in [5.41, 5.74) is 1.06. The molecule has 0 saturated heterocycles. The Kier molecular flexibility index (Phi) is 5.83. The Bertz CT molecular complexity index is 344. The fourth-order valence-electron chi connectivity index (χ4n) is 1.18. The van der Waals surface area contributed by atoms with Crippen molar-refractivity contribution in [3.63, 3.8) is 0 Å². The number of nitrogens with zero attached hydrogens (tertiary/aromatic N) is 3. The molecule has 5 heteroatoms. The van der Waals surface area contributed by atoms with E-state index in [0.29, 0.717) is 0 Å². The molecule has 0 aromatic carbocycles. The SMILES string of the molecule is CCNC(C#N)CCSc1ncc(C)cn1. The molecule has 0 fully saturated rings. The van der Waals surface area contributed by atoms with Crippen LogP contribution in [0.5, 0.6) is 0 Å². The van der Waals surface area contributed by atoms with Gasteiger partial charge in [0.15, 0.2) is 5.16 Å². The molecule has 0 spiro atoms. The van der Waals surface area contributed by atoms with Gasteiger partial charge in [-0.25, -0.2) is 9.97 Å². The summed E-state index contributed by atoms with van der Waals surface area (Å²) >= 11 is 1.59. The first-order chi connectivity index (χ1) is 7.76. The van der Waals surface area contributed by atoms with Crippen LogP contribution in [0.4, 0.5) is 0 Å². The minimum Gasteiger partial charge on any atom is -0.302 e. The van der Waals surface area contributed by atoms with Crippen molar-refractivity contribution < 1.29 is 0 Å². The van der Waals surface area contributed by atoms with Crippen molar-refractivity contribution in [2.75, 3.05) is 12.3 Å². The highest BCUT2D eigenvalue weighted by Gasteiger charge is 2.05. The number of hydrogen-bond acceptors (Lipinski definition) is 5. The van der Waals surface area contributed by atoms with Crippen LogP contribution in [0.2, 0.25) is 0 Å². The molecule has 1 atom stereocenters. The average molecular weight is 236 g/mol. The topological polar surface area (TPSA) is 61.6 Å². The highest BCUT2D eigenvalue weighted by molar-refractivity contribution is 7.99. The molecule has 16 heavy (non-hydrogen) atoms. The normalized spacial score (nSPS) is 12.1. The zero-order valence-corrected chi connectivity index (χ0v) is 10.4. The molecule has 0 amide bonds. The number of nitriles is 1. The van der Waals surface area contributed by atoms with Gasteiger partial charge in [-0.05, 0) is 25.5 Å². The Balaban J connectivity index is 2.30. The average Bonchev–Trinajstić information content (AvgIpc) is 2.30. The Hall–Kier alpha value is -1.12. The second-order valence-corrected chi connectivity index (χ2v) is 4.48. The first kappa shape index (κ1) is 12.9. The van der Waals surface area contributed by atoms with E-state index >= 15 is 0 Å². The summed E-state index contributed by atoms with van der Waals surface area (Å²) in [6.45, 7) is 4.79. The highest BCUT2D eigenvalue weighted by Crippen LogP contribution is 2.13. The van der Waals surface area contributed by atoms with Crippen molar-refractivity contribution in [1.82, 2.24) is 15.3 Å². The third-order valence-electron chi connectivity index (χ3n) is 2.00. The second kappa shape index (κ2) is 7.20. The van der Waals surface area contributed by atoms with Gasteiger partial charge in [-0.15, -0.1) is 0 Å². The van der Waals surface area contributed by atoms with Gasteiger partial charge < -0.3 is 5.32 Å². The molecule has 86 valence electrons. The van der Waals surface area contributed by atoms with E-state index in [2.05, 4.69) is 21.4 Å². The Labute approximate surface area is 100 Å². The van der Waals surface area contributed by atoms with Gasteiger partial charge in [-0.3, -0.25) is 0 Å². The number of hydrogen-bond donors (Lipinski definition) is 1. The van der Waals surface area contributed by atoms with Gasteiger partial charge in [0.1, 0.15) is 0 Å². The monoisotopic (exact) mass is 236 g/mol. The molecule has 1 heterocycles. The lowest BCUT2D eigenvalue weighted by atomic mass is 10.2. The molecule has 0 aliphatic heterocycles. The van der Waals surface area contributed by atoms with Crippen LogP contribution in [0, 0.1) is 18.3 Å². The summed E-state index contributed by atoms with van der Waals surface area (Å²) in [5, 5.41) is 12.7. The molecule has 1 aromatic rings. The number of rotatable bonds is 6. The van der Waals surface area contributed by atoms with E-state index in [9.17, 15) is 0 Å². The van der Waals surface area contributed by atoms with E-state index in [1.54, 1.807) is 24.2 Å². The fourth-order valence-corrected chi connectivity index (χ4v) is 1.97. The highest BCUT2D eigenvalue weighted by atomic mass is 32.2. The Morgan fingerprint density at radius 3 is 2.75 bits per heavy atom. The molecule has 1 N–H and O–H groups in total. The number of aryl methyl sites for hydroxylation is 1. The second-order valence-electron chi connectivity index (χ2n) is 3.42. The summed E-state index contributed by atoms with van der Waals surface area (Å²) in [4.78, 5) is 8.39. The van der Waals surface area contributed by atoms with Crippen LogP contribution in [-0.4, -0.2) is 28.3 Å². The van der Waals surface area contributed by atoms with Crippen LogP contribution < -0.4 is 5.32 Å². The van der Waals surface area contributed by atoms with E-state index < -0.39 is 0 Å². The third-order valence-corrected chi connectivity index (χ3v) is 2.91. The first-order valence-corrected chi connectivity index (χ1v) is 6.29. The maximum Gasteiger partial charge on any atom is 0.187 e. The van der Waals surface area contributed by atoms with Crippen LogP contribution in [0.3, 0.4) is 0 Å². The van der Waals surface area contributed by atoms with Crippen molar-refractivity contribution in [1.29, 1.82) is 5.26 Å². The minimum atomic E-state index is -0.0667. The number of aromatic nitrogens is 2. The first-order valence-electron chi connectivity index (χ1n) is 5.30. The lowest BCUT2D eigenvalue weighted by molar-refractivity contribution is 0.612. The number of thioether (sulfide) groups is 1. The summed E-state index contributed by atoms with van der Waals surface area (Å²) in [6, 6.07) is 2.17. The Morgan fingerprint density at radius 2 is 2.19 bits per heavy atom. The van der Waals surface area contributed by atoms with Crippen molar-refractivity contribution in [2.45, 2.75) is 31.5 Å². The van der Waals surface area contributed by atoms with Crippen LogP contribution in [0.1, 0.15) is 18.9 Å². The van der Waals surface area contributed by atoms with Crippen molar-refractivity contribution in [2.24, 2.45) is 0 Å². The number of nitrogens with one attached hydrogen (secondary N) is 1. The molecule has 0 aliphatic rings. The van der Waals surface area contributed by atoms with Gasteiger partial charge in [0, 0.05) is 18.1 Å². The summed E-state index contributed by atoms with van der Waals surface area (Å²) in [7, 11) is 0. The van der Waals surface area contributed by atoms with Gasteiger partial charge >= 0.3 is 0 Å². The third kappa shape index (κ3) is 4.60. The smallest absolute Gasteiger partial charge is 0.187 e. The van der Waals surface area contributed by atoms with Gasteiger partial charge in [0.05, 0.1) is 12.1 Å². The van der Waals surface area contributed by atoms with Crippen molar-refractivity contribution >= 4 is 11.8 Å². The van der Waals surface area contributed by atoms with E-state index in [1.807, 2.05) is 13.8 Å². The summed E-state index contributed by atoms with van der Waals surface area (Å²) in [5.74, 6) is 0.855. The van der Waals surface area contributed by atoms with E-state index in [4.69, 9.17) is 5.26 Å². The van der Waals surface area contributed by atoms with Crippen LogP contribution in [0.25, 0.3) is 0 Å². The predicted molar refractivity (Wildman–Crippen MR) is 65.2 cm³/mol. The van der Waals surface area contributed by atoms with Crippen molar-refractivity contribution in [3.8, 4) is 6.07 Å². The van der Waals surface area contributed by atoms with Crippen LogP contribution in [-0.2, 0) is 0 Å². The maximum absolute atomic E-state index is 8.84. The van der Waals surface area contributed by atoms with Gasteiger partial charge in [-0.2, -0.15) is 5.26 Å². The lowest BCUT2D eigenvalue weighted by Crippen LogP contribution is -2.27. The van der Waals surface area contributed by atoms with Gasteiger partial charge in [0.25, 0.3) is 0 Å². The van der Waals surface area contributed by atoms with Crippen molar-refractivity contribution in [3.05, 3.63) is 18.0 Å².